The van der Waals surface area contributed by atoms with E-state index >= 15 is 0 Å². The Bertz CT molecular complexity index is 1170. The summed E-state index contributed by atoms with van der Waals surface area (Å²) in [6.07, 6.45) is 2.59. The number of esters is 1. The molecule has 31 heavy (non-hydrogen) atoms. The summed E-state index contributed by atoms with van der Waals surface area (Å²) >= 11 is 6.15. The van der Waals surface area contributed by atoms with Crippen LogP contribution in [0.3, 0.4) is 0 Å². The third kappa shape index (κ3) is 4.79. The van der Waals surface area contributed by atoms with Gasteiger partial charge >= 0.3 is 5.97 Å². The second kappa shape index (κ2) is 9.17. The highest BCUT2D eigenvalue weighted by atomic mass is 35.5. The average molecular weight is 462 g/mol. The van der Waals surface area contributed by atoms with E-state index in [0.717, 1.165) is 24.8 Å². The van der Waals surface area contributed by atoms with Gasteiger partial charge in [0.1, 0.15) is 4.90 Å². The van der Waals surface area contributed by atoms with Crippen molar-refractivity contribution in [2.75, 3.05) is 13.1 Å². The van der Waals surface area contributed by atoms with Crippen LogP contribution in [-0.4, -0.2) is 42.0 Å². The number of ether oxygens (including phenoxy) is 1. The van der Waals surface area contributed by atoms with E-state index in [2.05, 4.69) is 10.2 Å². The third-order valence-corrected chi connectivity index (χ3v) is 7.29. The summed E-state index contributed by atoms with van der Waals surface area (Å²) in [6.45, 7) is 0.637. The lowest BCUT2D eigenvalue weighted by Crippen LogP contribution is -2.35. The first kappa shape index (κ1) is 21.5. The Labute approximate surface area is 184 Å². The molecule has 0 atom stereocenters. The van der Waals surface area contributed by atoms with Crippen LogP contribution in [0.15, 0.2) is 57.8 Å². The van der Waals surface area contributed by atoms with Gasteiger partial charge in [-0.05, 0) is 43.2 Å². The highest BCUT2D eigenvalue weighted by molar-refractivity contribution is 7.89. The fourth-order valence-electron chi connectivity index (χ4n) is 3.29. The van der Waals surface area contributed by atoms with Gasteiger partial charge in [0.2, 0.25) is 15.9 Å². The fourth-order valence-corrected chi connectivity index (χ4v) is 5.31. The molecule has 162 valence electrons. The van der Waals surface area contributed by atoms with Gasteiger partial charge in [0.05, 0.1) is 10.6 Å². The van der Waals surface area contributed by atoms with Crippen molar-refractivity contribution in [1.82, 2.24) is 14.5 Å². The SMILES string of the molecule is O=C(OCc1nnc(-c2ccccc2)o1)c1ccc(Cl)c(S(=O)(=O)N2CCCCC2)c1. The summed E-state index contributed by atoms with van der Waals surface area (Å²) in [5.41, 5.74) is 0.820. The summed E-state index contributed by atoms with van der Waals surface area (Å²) in [4.78, 5) is 12.4. The van der Waals surface area contributed by atoms with Crippen molar-refractivity contribution in [2.45, 2.75) is 30.8 Å². The molecule has 2 heterocycles. The highest BCUT2D eigenvalue weighted by Crippen LogP contribution is 2.28. The lowest BCUT2D eigenvalue weighted by Gasteiger charge is -2.26. The molecule has 1 aliphatic heterocycles. The van der Waals surface area contributed by atoms with E-state index in [1.54, 1.807) is 0 Å². The van der Waals surface area contributed by atoms with Gasteiger partial charge in [0.25, 0.3) is 5.89 Å². The number of sulfonamides is 1. The molecule has 1 aliphatic rings. The molecule has 4 rings (SSSR count). The van der Waals surface area contributed by atoms with Crippen LogP contribution < -0.4 is 0 Å². The molecule has 0 saturated carbocycles. The van der Waals surface area contributed by atoms with Crippen LogP contribution in [-0.2, 0) is 21.4 Å². The Morgan fingerprint density at radius 2 is 1.81 bits per heavy atom. The zero-order chi connectivity index (χ0) is 21.8. The molecule has 0 N–H and O–H groups in total. The smallest absolute Gasteiger partial charge is 0.338 e. The molecule has 0 amide bonds. The quantitative estimate of drug-likeness (QED) is 0.512. The van der Waals surface area contributed by atoms with Crippen molar-refractivity contribution in [3.8, 4) is 11.5 Å². The van der Waals surface area contributed by atoms with Gasteiger partial charge in [0.15, 0.2) is 6.61 Å². The molecule has 2 aromatic carbocycles. The maximum Gasteiger partial charge on any atom is 0.338 e. The second-order valence-corrected chi connectivity index (χ2v) is 9.37. The summed E-state index contributed by atoms with van der Waals surface area (Å²) < 4.78 is 38.0. The monoisotopic (exact) mass is 461 g/mol. The predicted molar refractivity (Wildman–Crippen MR) is 113 cm³/mol. The number of rotatable bonds is 6. The number of nitrogens with zero attached hydrogens (tertiary/aromatic N) is 3. The lowest BCUT2D eigenvalue weighted by molar-refractivity contribution is 0.0438. The van der Waals surface area contributed by atoms with Crippen molar-refractivity contribution in [3.63, 3.8) is 0 Å². The lowest BCUT2D eigenvalue weighted by atomic mass is 10.2. The van der Waals surface area contributed by atoms with Crippen molar-refractivity contribution in [1.29, 1.82) is 0 Å². The Hall–Kier alpha value is -2.75. The molecule has 10 heteroatoms. The first-order chi connectivity index (χ1) is 14.9. The van der Waals surface area contributed by atoms with Crippen LogP contribution in [0.25, 0.3) is 11.5 Å². The standard InChI is InChI=1S/C21H20ClN3O5S/c22-17-10-9-16(13-18(17)31(27,28)25-11-5-2-6-12-25)21(26)29-14-19-23-24-20(30-19)15-7-3-1-4-8-15/h1,3-4,7-10,13H,2,5-6,11-12,14H2. The van der Waals surface area contributed by atoms with Gasteiger partial charge in [-0.2, -0.15) is 4.31 Å². The Kier molecular flexibility index (Phi) is 6.35. The van der Waals surface area contributed by atoms with Gasteiger partial charge in [-0.3, -0.25) is 0 Å². The zero-order valence-corrected chi connectivity index (χ0v) is 18.1. The van der Waals surface area contributed by atoms with E-state index < -0.39 is 16.0 Å². The summed E-state index contributed by atoms with van der Waals surface area (Å²) in [6, 6.07) is 13.2. The largest absolute Gasteiger partial charge is 0.452 e. The Morgan fingerprint density at radius 3 is 2.55 bits per heavy atom. The van der Waals surface area contributed by atoms with E-state index in [1.807, 2.05) is 30.3 Å². The highest BCUT2D eigenvalue weighted by Gasteiger charge is 2.29. The molecule has 1 aromatic heterocycles. The first-order valence-electron chi connectivity index (χ1n) is 9.80. The van der Waals surface area contributed by atoms with Crippen molar-refractivity contribution in [2.24, 2.45) is 0 Å². The molecule has 0 radical (unpaired) electrons. The number of carbonyl (C=O) groups excluding carboxylic acids is 1. The molecule has 1 saturated heterocycles. The number of benzene rings is 2. The van der Waals surface area contributed by atoms with Gasteiger partial charge in [0, 0.05) is 18.7 Å². The normalized spacial score (nSPS) is 15.0. The van der Waals surface area contributed by atoms with Gasteiger partial charge in [-0.1, -0.05) is 36.2 Å². The fraction of sp³-hybridized carbons (Fsp3) is 0.286. The summed E-state index contributed by atoms with van der Waals surface area (Å²) in [5.74, 6) is -0.276. The Balaban J connectivity index is 1.47. The number of halogens is 1. The zero-order valence-electron chi connectivity index (χ0n) is 16.5. The maximum absolute atomic E-state index is 13.0. The van der Waals surface area contributed by atoms with Gasteiger partial charge in [-0.15, -0.1) is 10.2 Å². The van der Waals surface area contributed by atoms with E-state index in [9.17, 15) is 13.2 Å². The second-order valence-electron chi connectivity index (χ2n) is 7.05. The van der Waals surface area contributed by atoms with Crippen molar-refractivity contribution >= 4 is 27.6 Å². The molecule has 8 nitrogen and oxygen atoms in total. The topological polar surface area (TPSA) is 103 Å². The number of aromatic nitrogens is 2. The van der Waals surface area contributed by atoms with E-state index in [1.165, 1.54) is 22.5 Å². The van der Waals surface area contributed by atoms with Crippen LogP contribution in [0.1, 0.15) is 35.5 Å². The third-order valence-electron chi connectivity index (χ3n) is 4.91. The minimum Gasteiger partial charge on any atom is -0.452 e. The van der Waals surface area contributed by atoms with Crippen LogP contribution in [0.4, 0.5) is 0 Å². The van der Waals surface area contributed by atoms with Crippen LogP contribution in [0.2, 0.25) is 5.02 Å². The molecule has 1 fully saturated rings. The number of carbonyl (C=O) groups is 1. The van der Waals surface area contributed by atoms with Gasteiger partial charge in [-0.25, -0.2) is 13.2 Å². The van der Waals surface area contributed by atoms with Crippen LogP contribution >= 0.6 is 11.6 Å². The van der Waals surface area contributed by atoms with Crippen molar-refractivity contribution in [3.05, 3.63) is 65.0 Å². The Morgan fingerprint density at radius 1 is 1.06 bits per heavy atom. The molecular formula is C21H20ClN3O5S. The predicted octanol–water partition coefficient (Wildman–Crippen LogP) is 3.92. The average Bonchev–Trinajstić information content (AvgIpc) is 3.28. The van der Waals surface area contributed by atoms with Crippen LogP contribution in [0, 0.1) is 0 Å². The molecule has 0 spiro atoms. The van der Waals surface area contributed by atoms with Crippen LogP contribution in [0.5, 0.6) is 0 Å². The van der Waals surface area contributed by atoms with Gasteiger partial charge < -0.3 is 9.15 Å². The summed E-state index contributed by atoms with van der Waals surface area (Å²) in [5, 5.41) is 7.87. The molecule has 0 unspecified atom stereocenters. The maximum atomic E-state index is 13.0. The molecule has 0 bridgehead atoms. The summed E-state index contributed by atoms with van der Waals surface area (Å²) in [7, 11) is -3.79. The van der Waals surface area contributed by atoms with E-state index in [0.29, 0.717) is 19.0 Å². The van der Waals surface area contributed by atoms with E-state index in [4.69, 9.17) is 20.8 Å². The molecule has 3 aromatic rings. The number of piperidine rings is 1. The molecule has 0 aliphatic carbocycles. The van der Waals surface area contributed by atoms with E-state index in [-0.39, 0.29) is 28.0 Å². The number of hydrogen-bond donors (Lipinski definition) is 0. The number of hydrogen-bond acceptors (Lipinski definition) is 7. The first-order valence-corrected chi connectivity index (χ1v) is 11.6. The van der Waals surface area contributed by atoms with Crippen molar-refractivity contribution < 1.29 is 22.4 Å². The minimum absolute atomic E-state index is 0.0616. The molecular weight excluding hydrogens is 442 g/mol. The minimum atomic E-state index is -3.79.